The summed E-state index contributed by atoms with van der Waals surface area (Å²) in [5, 5.41) is 13.7. The lowest BCUT2D eigenvalue weighted by Gasteiger charge is -2.18. The van der Waals surface area contributed by atoms with Crippen LogP contribution in [0.4, 0.5) is 0 Å². The fourth-order valence-electron chi connectivity index (χ4n) is 2.08. The predicted molar refractivity (Wildman–Crippen MR) is 83.0 cm³/mol. The van der Waals surface area contributed by atoms with Crippen LogP contribution in [0.1, 0.15) is 24.2 Å². The van der Waals surface area contributed by atoms with Crippen LogP contribution in [-0.2, 0) is 6.54 Å². The van der Waals surface area contributed by atoms with Crippen LogP contribution in [0.3, 0.4) is 0 Å². The van der Waals surface area contributed by atoms with Crippen molar-refractivity contribution in [1.29, 1.82) is 0 Å². The quantitative estimate of drug-likeness (QED) is 0.874. The first-order chi connectivity index (χ1) is 9.58. The summed E-state index contributed by atoms with van der Waals surface area (Å²) in [5.41, 5.74) is 1.95. The molecule has 0 saturated heterocycles. The molecule has 2 aromatic rings. The summed E-state index contributed by atoms with van der Waals surface area (Å²) in [4.78, 5) is 0. The Bertz CT molecular complexity index is 560. The van der Waals surface area contributed by atoms with Gasteiger partial charge in [-0.15, -0.1) is 0 Å². The number of aliphatic hydroxyl groups is 1. The molecule has 2 atom stereocenters. The minimum absolute atomic E-state index is 0.0455. The molecule has 0 radical (unpaired) electrons. The van der Waals surface area contributed by atoms with Crippen LogP contribution < -0.4 is 5.32 Å². The number of quaternary nitrogens is 1. The van der Waals surface area contributed by atoms with Crippen LogP contribution >= 0.6 is 23.2 Å². The van der Waals surface area contributed by atoms with Gasteiger partial charge in [-0.2, -0.15) is 0 Å². The average molecular weight is 311 g/mol. The van der Waals surface area contributed by atoms with Crippen molar-refractivity contribution in [3.05, 3.63) is 69.7 Å². The number of rotatable bonds is 5. The Hall–Kier alpha value is -1.06. The molecule has 0 heterocycles. The number of hydrogen-bond acceptors (Lipinski definition) is 1. The molecule has 3 N–H and O–H groups in total. The van der Waals surface area contributed by atoms with E-state index in [0.717, 1.165) is 11.1 Å². The van der Waals surface area contributed by atoms with Crippen molar-refractivity contribution in [2.24, 2.45) is 0 Å². The summed E-state index contributed by atoms with van der Waals surface area (Å²) in [6, 6.07) is 15.2. The molecule has 2 aromatic carbocycles. The largest absolute Gasteiger partial charge is 0.382 e. The van der Waals surface area contributed by atoms with Crippen molar-refractivity contribution >= 4 is 23.2 Å². The molecular weight excluding hydrogens is 293 g/mol. The number of halogens is 2. The van der Waals surface area contributed by atoms with Crippen molar-refractivity contribution in [2.45, 2.75) is 25.6 Å². The van der Waals surface area contributed by atoms with E-state index in [1.807, 2.05) is 49.4 Å². The molecular formula is C16H18Cl2NO+. The molecule has 0 aromatic heterocycles. The molecule has 0 aliphatic carbocycles. The van der Waals surface area contributed by atoms with Crippen molar-refractivity contribution in [3.63, 3.8) is 0 Å². The van der Waals surface area contributed by atoms with Gasteiger partial charge in [-0.1, -0.05) is 59.6 Å². The normalized spacial score (nSPS) is 14.0. The van der Waals surface area contributed by atoms with Crippen LogP contribution in [0.2, 0.25) is 10.0 Å². The summed E-state index contributed by atoms with van der Waals surface area (Å²) >= 11 is 12.0. The van der Waals surface area contributed by atoms with Crippen LogP contribution in [0.5, 0.6) is 0 Å². The maximum absolute atomic E-state index is 10.3. The van der Waals surface area contributed by atoms with E-state index in [4.69, 9.17) is 23.2 Å². The monoisotopic (exact) mass is 310 g/mol. The lowest BCUT2D eigenvalue weighted by molar-refractivity contribution is -0.709. The highest BCUT2D eigenvalue weighted by molar-refractivity contribution is 6.35. The van der Waals surface area contributed by atoms with E-state index >= 15 is 0 Å². The van der Waals surface area contributed by atoms with Gasteiger partial charge in [0.25, 0.3) is 0 Å². The van der Waals surface area contributed by atoms with Gasteiger partial charge >= 0.3 is 0 Å². The molecule has 106 valence electrons. The molecule has 0 saturated carbocycles. The van der Waals surface area contributed by atoms with Gasteiger partial charge in [0.2, 0.25) is 0 Å². The zero-order chi connectivity index (χ0) is 14.5. The van der Waals surface area contributed by atoms with Gasteiger partial charge in [-0.05, 0) is 24.6 Å². The standard InChI is InChI=1S/C16H17Cl2NO/c1-11(16(20)12-5-3-2-4-6-12)19-10-13-7-8-14(17)9-15(13)18/h2-9,11,16,19-20H,10H2,1H3/p+1/t11-,16+/m0/s1. The first-order valence-electron chi connectivity index (χ1n) is 6.58. The summed E-state index contributed by atoms with van der Waals surface area (Å²) in [6.07, 6.45) is -0.498. The Morgan fingerprint density at radius 2 is 1.80 bits per heavy atom. The molecule has 2 nitrogen and oxygen atoms in total. The number of hydrogen-bond donors (Lipinski definition) is 2. The molecule has 4 heteroatoms. The van der Waals surface area contributed by atoms with Crippen LogP contribution in [0.25, 0.3) is 0 Å². The van der Waals surface area contributed by atoms with E-state index in [-0.39, 0.29) is 6.04 Å². The van der Waals surface area contributed by atoms with Crippen LogP contribution in [0.15, 0.2) is 48.5 Å². The average Bonchev–Trinajstić information content (AvgIpc) is 2.46. The van der Waals surface area contributed by atoms with Crippen LogP contribution in [-0.4, -0.2) is 11.1 Å². The van der Waals surface area contributed by atoms with E-state index < -0.39 is 6.10 Å². The van der Waals surface area contributed by atoms with Gasteiger partial charge in [0.05, 0.1) is 5.02 Å². The Kier molecular flexibility index (Phi) is 5.44. The van der Waals surface area contributed by atoms with Gasteiger partial charge in [-0.25, -0.2) is 0 Å². The zero-order valence-electron chi connectivity index (χ0n) is 11.3. The molecule has 0 unspecified atom stereocenters. The Balaban J connectivity index is 1.96. The Labute approximate surface area is 129 Å². The zero-order valence-corrected chi connectivity index (χ0v) is 12.8. The lowest BCUT2D eigenvalue weighted by Crippen LogP contribution is -2.89. The third-order valence-electron chi connectivity index (χ3n) is 3.36. The molecule has 0 bridgehead atoms. The smallest absolute Gasteiger partial charge is 0.130 e. The van der Waals surface area contributed by atoms with Crippen molar-refractivity contribution < 1.29 is 10.4 Å². The third-order valence-corrected chi connectivity index (χ3v) is 3.95. The fourth-order valence-corrected chi connectivity index (χ4v) is 2.57. The predicted octanol–water partition coefficient (Wildman–Crippen LogP) is 3.18. The highest BCUT2D eigenvalue weighted by Gasteiger charge is 2.19. The van der Waals surface area contributed by atoms with Gasteiger partial charge in [0.15, 0.2) is 0 Å². The molecule has 2 rings (SSSR count). The van der Waals surface area contributed by atoms with E-state index in [9.17, 15) is 5.11 Å². The van der Waals surface area contributed by atoms with Gasteiger partial charge in [-0.3, -0.25) is 0 Å². The maximum Gasteiger partial charge on any atom is 0.130 e. The van der Waals surface area contributed by atoms with Crippen LogP contribution in [0, 0.1) is 0 Å². The van der Waals surface area contributed by atoms with Gasteiger partial charge < -0.3 is 10.4 Å². The maximum atomic E-state index is 10.3. The number of nitrogens with two attached hydrogens (primary N) is 1. The summed E-state index contributed by atoms with van der Waals surface area (Å²) in [7, 11) is 0. The highest BCUT2D eigenvalue weighted by atomic mass is 35.5. The van der Waals surface area contributed by atoms with E-state index in [1.165, 1.54) is 0 Å². The Morgan fingerprint density at radius 1 is 1.10 bits per heavy atom. The summed E-state index contributed by atoms with van der Waals surface area (Å²) in [6.45, 7) is 2.71. The first-order valence-corrected chi connectivity index (χ1v) is 7.34. The van der Waals surface area contributed by atoms with E-state index in [0.29, 0.717) is 16.6 Å². The number of aliphatic hydroxyl groups excluding tert-OH is 1. The molecule has 0 aliphatic rings. The number of benzene rings is 2. The second-order valence-corrected chi connectivity index (χ2v) is 5.73. The molecule has 0 aliphatic heterocycles. The van der Waals surface area contributed by atoms with Gasteiger partial charge in [0.1, 0.15) is 18.7 Å². The molecule has 0 fully saturated rings. The second-order valence-electron chi connectivity index (χ2n) is 4.89. The minimum Gasteiger partial charge on any atom is -0.382 e. The highest BCUT2D eigenvalue weighted by Crippen LogP contribution is 2.20. The summed E-state index contributed by atoms with van der Waals surface area (Å²) in [5.74, 6) is 0. The fraction of sp³-hybridized carbons (Fsp3) is 0.250. The lowest BCUT2D eigenvalue weighted by atomic mass is 10.0. The SMILES string of the molecule is C[C@H]([NH2+]Cc1ccc(Cl)cc1Cl)[C@@H](O)c1ccccc1. The second kappa shape index (κ2) is 7.09. The third kappa shape index (κ3) is 3.97. The Morgan fingerprint density at radius 3 is 2.45 bits per heavy atom. The van der Waals surface area contributed by atoms with Crippen molar-refractivity contribution in [2.75, 3.05) is 0 Å². The van der Waals surface area contributed by atoms with Crippen molar-refractivity contribution in [3.8, 4) is 0 Å². The molecule has 0 spiro atoms. The van der Waals surface area contributed by atoms with Gasteiger partial charge in [0, 0.05) is 10.6 Å². The van der Waals surface area contributed by atoms with E-state index in [1.54, 1.807) is 6.07 Å². The molecule has 20 heavy (non-hydrogen) atoms. The first kappa shape index (κ1) is 15.3. The van der Waals surface area contributed by atoms with Crippen molar-refractivity contribution in [1.82, 2.24) is 0 Å². The summed E-state index contributed by atoms with van der Waals surface area (Å²) < 4.78 is 0. The molecule has 0 amide bonds. The van der Waals surface area contributed by atoms with E-state index in [2.05, 4.69) is 5.32 Å². The minimum atomic E-state index is -0.498. The topological polar surface area (TPSA) is 36.8 Å².